The summed E-state index contributed by atoms with van der Waals surface area (Å²) in [5.74, 6) is 1.12. The average Bonchev–Trinajstić information content (AvgIpc) is 2.94. The van der Waals surface area contributed by atoms with E-state index in [2.05, 4.69) is 57.9 Å². The number of ether oxygens (including phenoxy) is 1. The van der Waals surface area contributed by atoms with Gasteiger partial charge >= 0.3 is 5.97 Å². The van der Waals surface area contributed by atoms with Crippen molar-refractivity contribution in [2.75, 3.05) is 5.32 Å². The van der Waals surface area contributed by atoms with Crippen molar-refractivity contribution in [3.8, 4) is 0 Å². The summed E-state index contributed by atoms with van der Waals surface area (Å²) in [5.41, 5.74) is 0.724. The van der Waals surface area contributed by atoms with E-state index in [1.807, 2.05) is 6.92 Å². The van der Waals surface area contributed by atoms with Crippen LogP contribution in [0.5, 0.6) is 0 Å². The maximum absolute atomic E-state index is 14.7. The summed E-state index contributed by atoms with van der Waals surface area (Å²) in [5, 5.41) is 3.13. The average molecular weight is 589 g/mol. The molecule has 0 radical (unpaired) electrons. The maximum Gasteiger partial charge on any atom is 0.302 e. The molecule has 1 heterocycles. The molecular weight excluding hydrogens is 536 g/mol. The van der Waals surface area contributed by atoms with Crippen LogP contribution in [0.3, 0.4) is 0 Å². The number of ketones is 1. The van der Waals surface area contributed by atoms with Crippen LogP contribution < -0.4 is 5.32 Å². The number of hydrogen-bond donors (Lipinski definition) is 1. The van der Waals surface area contributed by atoms with Gasteiger partial charge in [0.1, 0.15) is 6.10 Å². The number of pyridine rings is 1. The highest BCUT2D eigenvalue weighted by molar-refractivity contribution is 5.98. The number of amides is 1. The predicted molar refractivity (Wildman–Crippen MR) is 168 cm³/mol. The van der Waals surface area contributed by atoms with Crippen LogP contribution >= 0.6 is 0 Å². The highest BCUT2D eigenvalue weighted by Gasteiger charge is 2.72. The van der Waals surface area contributed by atoms with Crippen LogP contribution in [-0.2, 0) is 19.1 Å². The van der Waals surface area contributed by atoms with E-state index >= 15 is 0 Å². The van der Waals surface area contributed by atoms with Gasteiger partial charge < -0.3 is 10.1 Å². The van der Waals surface area contributed by atoms with E-state index in [1.165, 1.54) is 31.8 Å². The molecule has 0 spiro atoms. The number of anilines is 1. The van der Waals surface area contributed by atoms with Crippen molar-refractivity contribution in [2.24, 2.45) is 56.7 Å². The van der Waals surface area contributed by atoms with E-state index in [-0.39, 0.29) is 45.7 Å². The first-order chi connectivity index (χ1) is 20.1. The number of nitrogens with zero attached hydrogens (tertiary/aromatic N) is 1. The van der Waals surface area contributed by atoms with Gasteiger partial charge in [0.15, 0.2) is 5.78 Å². The van der Waals surface area contributed by atoms with Crippen molar-refractivity contribution in [1.82, 2.24) is 4.98 Å². The van der Waals surface area contributed by atoms with Crippen molar-refractivity contribution < 1.29 is 19.1 Å². The van der Waals surface area contributed by atoms with Crippen LogP contribution in [0.15, 0.2) is 36.2 Å². The molecule has 0 unspecified atom stereocenters. The van der Waals surface area contributed by atoms with Crippen molar-refractivity contribution >= 4 is 23.3 Å². The third kappa shape index (κ3) is 4.16. The molecule has 0 bridgehead atoms. The summed E-state index contributed by atoms with van der Waals surface area (Å²) in [6.45, 7) is 17.9. The Labute approximate surface area is 258 Å². The molecule has 6 nitrogen and oxygen atoms in total. The van der Waals surface area contributed by atoms with E-state index in [0.717, 1.165) is 25.7 Å². The Morgan fingerprint density at radius 2 is 1.63 bits per heavy atom. The molecule has 1 N–H and O–H groups in total. The largest absolute Gasteiger partial charge is 0.461 e. The highest BCUT2D eigenvalue weighted by Crippen LogP contribution is 2.75. The number of carbonyl (C=O) groups is 3. The van der Waals surface area contributed by atoms with Crippen LogP contribution in [0, 0.1) is 56.7 Å². The molecule has 1 aromatic rings. The van der Waals surface area contributed by atoms with Gasteiger partial charge in [0.05, 0.1) is 5.41 Å². The topological polar surface area (TPSA) is 85.4 Å². The number of carbonyl (C=O) groups excluding carboxylic acids is 3. The summed E-state index contributed by atoms with van der Waals surface area (Å²) in [6, 6.07) is 3.56. The molecular formula is C37H52N2O4. The Hall–Kier alpha value is -2.50. The molecule has 5 aliphatic rings. The molecule has 6 heteroatoms. The third-order valence-corrected chi connectivity index (χ3v) is 14.5. The van der Waals surface area contributed by atoms with E-state index in [0.29, 0.717) is 29.9 Å². The number of hydrogen-bond acceptors (Lipinski definition) is 5. The molecule has 4 saturated carbocycles. The summed E-state index contributed by atoms with van der Waals surface area (Å²) < 4.78 is 5.94. The molecule has 0 aromatic carbocycles. The molecule has 234 valence electrons. The van der Waals surface area contributed by atoms with Crippen molar-refractivity contribution in [2.45, 2.75) is 113 Å². The quantitative estimate of drug-likeness (QED) is 0.364. The monoisotopic (exact) mass is 588 g/mol. The molecule has 0 aliphatic heterocycles. The molecule has 0 saturated heterocycles. The number of allylic oxidation sites excluding steroid dienone is 2. The number of rotatable bonds is 3. The fourth-order valence-electron chi connectivity index (χ4n) is 11.7. The summed E-state index contributed by atoms with van der Waals surface area (Å²) in [4.78, 5) is 45.5. The minimum absolute atomic E-state index is 0.0581. The Morgan fingerprint density at radius 3 is 2.30 bits per heavy atom. The highest BCUT2D eigenvalue weighted by atomic mass is 16.5. The van der Waals surface area contributed by atoms with Gasteiger partial charge in [-0.15, -0.1) is 0 Å². The van der Waals surface area contributed by atoms with Gasteiger partial charge in [-0.25, -0.2) is 0 Å². The first-order valence-electron chi connectivity index (χ1n) is 16.8. The molecule has 6 rings (SSSR count). The van der Waals surface area contributed by atoms with Gasteiger partial charge in [-0.1, -0.05) is 47.1 Å². The fourth-order valence-corrected chi connectivity index (χ4v) is 11.7. The second kappa shape index (κ2) is 10.0. The zero-order valence-electron chi connectivity index (χ0n) is 27.6. The number of aromatic nitrogens is 1. The minimum Gasteiger partial charge on any atom is -0.461 e. The SMILES string of the molecule is CC(=O)O[C@@H]1CC[C@@]2(C)[C@@H](CC[C@]3(C)[C@@H]2C(=O)C=C2[C@@H]4[C@@H](C)[C@H](C)CC[C@]4(C)CC[C@]23C)[C@@]1(C)C(=O)Nc1ccncc1. The Kier molecular flexibility index (Phi) is 7.10. The second-order valence-corrected chi connectivity index (χ2v) is 16.4. The lowest BCUT2D eigenvalue weighted by molar-refractivity contribution is -0.212. The number of esters is 1. The van der Waals surface area contributed by atoms with Gasteiger partial charge in [-0.3, -0.25) is 19.4 Å². The molecule has 1 aromatic heterocycles. The number of nitrogens with one attached hydrogen (secondary N) is 1. The summed E-state index contributed by atoms with van der Waals surface area (Å²) in [6.07, 6.45) is 12.8. The van der Waals surface area contributed by atoms with Crippen molar-refractivity contribution in [3.63, 3.8) is 0 Å². The lowest BCUT2D eigenvalue weighted by Gasteiger charge is -2.70. The summed E-state index contributed by atoms with van der Waals surface area (Å²) in [7, 11) is 0. The van der Waals surface area contributed by atoms with E-state index in [1.54, 1.807) is 24.5 Å². The van der Waals surface area contributed by atoms with Gasteiger partial charge in [-0.05, 0) is 122 Å². The molecule has 43 heavy (non-hydrogen) atoms. The molecule has 1 amide bonds. The Balaban J connectivity index is 1.43. The van der Waals surface area contributed by atoms with Crippen LogP contribution in [0.4, 0.5) is 5.69 Å². The molecule has 5 aliphatic carbocycles. The first kappa shape index (κ1) is 30.5. The van der Waals surface area contributed by atoms with Gasteiger partial charge in [0.25, 0.3) is 0 Å². The Morgan fingerprint density at radius 1 is 0.930 bits per heavy atom. The van der Waals surface area contributed by atoms with Crippen LogP contribution in [0.2, 0.25) is 0 Å². The van der Waals surface area contributed by atoms with Gasteiger partial charge in [0, 0.05) is 30.9 Å². The van der Waals surface area contributed by atoms with Crippen LogP contribution in [-0.4, -0.2) is 28.7 Å². The molecule has 4 fully saturated rings. The van der Waals surface area contributed by atoms with E-state index < -0.39 is 16.9 Å². The minimum atomic E-state index is -0.979. The van der Waals surface area contributed by atoms with Crippen LogP contribution in [0.1, 0.15) is 107 Å². The lowest BCUT2D eigenvalue weighted by Crippen LogP contribution is -2.68. The first-order valence-corrected chi connectivity index (χ1v) is 16.8. The second-order valence-electron chi connectivity index (χ2n) is 16.4. The normalized spacial score (nSPS) is 47.2. The van der Waals surface area contributed by atoms with E-state index in [9.17, 15) is 14.4 Å². The number of fused-ring (bicyclic) bond motifs is 7. The predicted octanol–water partition coefficient (Wildman–Crippen LogP) is 7.79. The van der Waals surface area contributed by atoms with Gasteiger partial charge in [0.2, 0.25) is 5.91 Å². The van der Waals surface area contributed by atoms with Crippen LogP contribution in [0.25, 0.3) is 0 Å². The zero-order chi connectivity index (χ0) is 31.2. The zero-order valence-corrected chi connectivity index (χ0v) is 27.6. The van der Waals surface area contributed by atoms with Crippen molar-refractivity contribution in [3.05, 3.63) is 36.2 Å². The molecule has 11 atom stereocenters. The Bertz CT molecular complexity index is 1360. The van der Waals surface area contributed by atoms with E-state index in [4.69, 9.17) is 4.74 Å². The third-order valence-electron chi connectivity index (χ3n) is 14.5. The maximum atomic E-state index is 14.7. The standard InChI is InChI=1S/C37H52N2O4/c1-22-9-14-33(4)17-18-35(6)26(30(33)23(22)2)21-27(41)31-34(5)15-11-29(43-24(3)40)37(8,28(34)10-16-36(31,35)7)32(42)39-25-12-19-38-20-13-25/h12-13,19-23,28-31H,9-11,14-18H2,1-8H3,(H,38,39,42)/t22-,23+,28-,29-,30+,31-,33-,34+,35-,36-,37-/m1/s1. The van der Waals surface area contributed by atoms with Gasteiger partial charge in [-0.2, -0.15) is 0 Å². The van der Waals surface area contributed by atoms with Crippen molar-refractivity contribution in [1.29, 1.82) is 0 Å². The summed E-state index contributed by atoms with van der Waals surface area (Å²) >= 11 is 0. The fraction of sp³-hybridized carbons (Fsp3) is 0.730. The lowest BCUT2D eigenvalue weighted by atomic mass is 9.33. The smallest absolute Gasteiger partial charge is 0.302 e.